The number of hydrogen-bond acceptors (Lipinski definition) is 3. The number of fused-ring (bicyclic) bond motifs is 1. The van der Waals surface area contributed by atoms with Crippen LogP contribution in [0.3, 0.4) is 0 Å². The predicted molar refractivity (Wildman–Crippen MR) is 146 cm³/mol. The molecule has 0 aliphatic heterocycles. The summed E-state index contributed by atoms with van der Waals surface area (Å²) in [4.78, 5) is 9.91. The van der Waals surface area contributed by atoms with Crippen LogP contribution in [0.4, 0.5) is 0 Å². The molecule has 0 aliphatic rings. The van der Waals surface area contributed by atoms with Gasteiger partial charge in [0.25, 0.3) is 0 Å². The first-order chi connectivity index (χ1) is 16.5. The van der Waals surface area contributed by atoms with E-state index in [2.05, 4.69) is 82.1 Å². The Kier molecular flexibility index (Phi) is 7.77. The summed E-state index contributed by atoms with van der Waals surface area (Å²) in [6.45, 7) is 12.0. The van der Waals surface area contributed by atoms with E-state index in [9.17, 15) is 0 Å². The number of rotatable bonds is 11. The fourth-order valence-electron chi connectivity index (χ4n) is 5.06. The first-order valence-electron chi connectivity index (χ1n) is 12.8. The highest BCUT2D eigenvalue weighted by molar-refractivity contribution is 7.15. The van der Waals surface area contributed by atoms with Crippen LogP contribution in [-0.2, 0) is 19.3 Å². The Hall–Kier alpha value is -2.59. The van der Waals surface area contributed by atoms with Crippen molar-refractivity contribution in [3.63, 3.8) is 0 Å². The van der Waals surface area contributed by atoms with Crippen LogP contribution < -0.4 is 4.74 Å². The summed E-state index contributed by atoms with van der Waals surface area (Å²) in [7, 11) is 0. The van der Waals surface area contributed by atoms with Gasteiger partial charge in [0.1, 0.15) is 10.8 Å². The van der Waals surface area contributed by atoms with Crippen molar-refractivity contribution in [2.24, 2.45) is 5.41 Å². The van der Waals surface area contributed by atoms with Gasteiger partial charge in [0.05, 0.1) is 12.3 Å². The van der Waals surface area contributed by atoms with E-state index in [1.54, 1.807) is 11.3 Å². The van der Waals surface area contributed by atoms with Gasteiger partial charge in [-0.15, -0.1) is 11.3 Å². The number of nitrogens with zero attached hydrogens (tertiary/aromatic N) is 1. The lowest BCUT2D eigenvalue weighted by Crippen LogP contribution is -2.21. The van der Waals surface area contributed by atoms with Crippen molar-refractivity contribution in [2.75, 3.05) is 6.61 Å². The van der Waals surface area contributed by atoms with E-state index in [0.29, 0.717) is 12.0 Å². The smallest absolute Gasteiger partial charge is 0.123 e. The van der Waals surface area contributed by atoms with E-state index in [1.165, 1.54) is 51.9 Å². The second-order valence-electron chi connectivity index (χ2n) is 9.37. The van der Waals surface area contributed by atoms with Gasteiger partial charge in [-0.3, -0.25) is 0 Å². The SMILES string of the molecule is CCc1c(CC(CC)(CC)CC)[nH]c2cc(OCCc3nc(-c4ccccc4)sc3C)ccc12. The van der Waals surface area contributed by atoms with Crippen molar-refractivity contribution in [3.05, 3.63) is 70.4 Å². The van der Waals surface area contributed by atoms with Gasteiger partial charge in [0.2, 0.25) is 0 Å². The third kappa shape index (κ3) is 5.07. The fourth-order valence-corrected chi connectivity index (χ4v) is 6.03. The Balaban J connectivity index is 1.47. The maximum absolute atomic E-state index is 6.18. The molecule has 0 saturated carbocycles. The standard InChI is InChI=1S/C30H38N2OS/c1-6-24-25-16-15-23(19-27(25)31-28(24)20-30(7-2,8-3)9-4)33-18-17-26-21(5)34-29(32-26)22-13-11-10-12-14-22/h10-16,19,31H,6-9,17-18,20H2,1-5H3. The molecule has 0 fully saturated rings. The summed E-state index contributed by atoms with van der Waals surface area (Å²) in [5.41, 5.74) is 6.77. The minimum absolute atomic E-state index is 0.383. The number of H-pyrrole nitrogens is 1. The molecule has 0 atom stereocenters. The minimum atomic E-state index is 0.383. The molecule has 0 spiro atoms. The van der Waals surface area contributed by atoms with E-state index >= 15 is 0 Å². The molecule has 0 amide bonds. The molecule has 4 heteroatoms. The second kappa shape index (κ2) is 10.8. The van der Waals surface area contributed by atoms with E-state index in [4.69, 9.17) is 9.72 Å². The number of hydrogen-bond donors (Lipinski definition) is 1. The van der Waals surface area contributed by atoms with Crippen molar-refractivity contribution in [1.29, 1.82) is 0 Å². The van der Waals surface area contributed by atoms with Crippen molar-refractivity contribution >= 4 is 22.2 Å². The van der Waals surface area contributed by atoms with Gasteiger partial charge in [0, 0.05) is 39.5 Å². The van der Waals surface area contributed by atoms with Crippen LogP contribution in [0.15, 0.2) is 48.5 Å². The molecule has 4 aromatic rings. The molecular weight excluding hydrogens is 436 g/mol. The van der Waals surface area contributed by atoms with Crippen LogP contribution in [0.2, 0.25) is 0 Å². The van der Waals surface area contributed by atoms with Gasteiger partial charge in [-0.05, 0) is 42.9 Å². The molecule has 2 heterocycles. The summed E-state index contributed by atoms with van der Waals surface area (Å²) < 4.78 is 6.18. The molecule has 0 saturated heterocycles. The Morgan fingerprint density at radius 3 is 2.38 bits per heavy atom. The highest BCUT2D eigenvalue weighted by Gasteiger charge is 2.26. The van der Waals surface area contributed by atoms with Crippen molar-refractivity contribution in [3.8, 4) is 16.3 Å². The van der Waals surface area contributed by atoms with Crippen LogP contribution in [0.25, 0.3) is 21.5 Å². The monoisotopic (exact) mass is 474 g/mol. The Morgan fingerprint density at radius 1 is 0.971 bits per heavy atom. The number of aromatic amines is 1. The highest BCUT2D eigenvalue weighted by atomic mass is 32.1. The van der Waals surface area contributed by atoms with E-state index in [0.717, 1.165) is 35.7 Å². The van der Waals surface area contributed by atoms with Crippen molar-refractivity contribution in [2.45, 2.75) is 73.1 Å². The molecule has 180 valence electrons. The van der Waals surface area contributed by atoms with Gasteiger partial charge < -0.3 is 9.72 Å². The average Bonchev–Trinajstić information content (AvgIpc) is 3.42. The summed E-state index contributed by atoms with van der Waals surface area (Å²) in [6.07, 6.45) is 6.64. The molecule has 0 bridgehead atoms. The third-order valence-corrected chi connectivity index (χ3v) is 8.70. The molecule has 3 nitrogen and oxygen atoms in total. The number of thiazole rings is 1. The van der Waals surface area contributed by atoms with E-state index in [-0.39, 0.29) is 0 Å². The number of benzene rings is 2. The molecule has 0 unspecified atom stereocenters. The third-order valence-electron chi connectivity index (χ3n) is 7.64. The summed E-state index contributed by atoms with van der Waals surface area (Å²) >= 11 is 1.76. The molecule has 34 heavy (non-hydrogen) atoms. The first-order valence-corrected chi connectivity index (χ1v) is 13.6. The van der Waals surface area contributed by atoms with Gasteiger partial charge in [-0.25, -0.2) is 4.98 Å². The predicted octanol–water partition coefficient (Wildman–Crippen LogP) is 8.54. The first kappa shape index (κ1) is 24.5. The Bertz CT molecular complexity index is 1210. The normalized spacial score (nSPS) is 11.9. The lowest BCUT2D eigenvalue weighted by Gasteiger charge is -2.30. The maximum atomic E-state index is 6.18. The Labute approximate surface area is 208 Å². The van der Waals surface area contributed by atoms with Gasteiger partial charge >= 0.3 is 0 Å². The van der Waals surface area contributed by atoms with Gasteiger partial charge in [0.15, 0.2) is 0 Å². The van der Waals surface area contributed by atoms with Gasteiger partial charge in [-0.1, -0.05) is 77.3 Å². The molecular formula is C30H38N2OS. The lowest BCUT2D eigenvalue weighted by molar-refractivity contribution is 0.246. The van der Waals surface area contributed by atoms with Crippen LogP contribution >= 0.6 is 11.3 Å². The van der Waals surface area contributed by atoms with E-state index < -0.39 is 0 Å². The van der Waals surface area contributed by atoms with Crippen LogP contribution in [-0.4, -0.2) is 16.6 Å². The maximum Gasteiger partial charge on any atom is 0.123 e. The fraction of sp³-hybridized carbons (Fsp3) is 0.433. The number of aryl methyl sites for hydroxylation is 2. The Morgan fingerprint density at radius 2 is 1.71 bits per heavy atom. The number of aromatic nitrogens is 2. The number of nitrogens with one attached hydrogen (secondary N) is 1. The minimum Gasteiger partial charge on any atom is -0.493 e. The highest BCUT2D eigenvalue weighted by Crippen LogP contribution is 2.37. The quantitative estimate of drug-likeness (QED) is 0.236. The summed E-state index contributed by atoms with van der Waals surface area (Å²) in [5.74, 6) is 0.923. The van der Waals surface area contributed by atoms with Crippen molar-refractivity contribution in [1.82, 2.24) is 9.97 Å². The molecule has 4 rings (SSSR count). The largest absolute Gasteiger partial charge is 0.493 e. The van der Waals surface area contributed by atoms with Gasteiger partial charge in [-0.2, -0.15) is 0 Å². The zero-order chi connectivity index (χ0) is 24.1. The molecule has 1 N–H and O–H groups in total. The lowest BCUT2D eigenvalue weighted by atomic mass is 9.75. The zero-order valence-corrected chi connectivity index (χ0v) is 22.1. The molecule has 0 radical (unpaired) electrons. The molecule has 2 aromatic carbocycles. The molecule has 0 aliphatic carbocycles. The zero-order valence-electron chi connectivity index (χ0n) is 21.3. The second-order valence-corrected chi connectivity index (χ2v) is 10.6. The number of ether oxygens (including phenoxy) is 1. The van der Waals surface area contributed by atoms with Crippen LogP contribution in [0.5, 0.6) is 5.75 Å². The van der Waals surface area contributed by atoms with E-state index in [1.807, 2.05) is 6.07 Å². The summed E-state index contributed by atoms with van der Waals surface area (Å²) in [6, 6.07) is 16.9. The topological polar surface area (TPSA) is 37.9 Å². The average molecular weight is 475 g/mol. The van der Waals surface area contributed by atoms with Crippen LogP contribution in [0, 0.1) is 12.3 Å². The summed E-state index contributed by atoms with van der Waals surface area (Å²) in [5, 5.41) is 2.42. The van der Waals surface area contributed by atoms with Crippen LogP contribution in [0.1, 0.15) is 68.8 Å². The van der Waals surface area contributed by atoms with Crippen molar-refractivity contribution < 1.29 is 4.74 Å². The molecule has 2 aromatic heterocycles.